The Morgan fingerprint density at radius 3 is 2.62 bits per heavy atom. The van der Waals surface area contributed by atoms with E-state index in [9.17, 15) is 4.79 Å². The van der Waals surface area contributed by atoms with E-state index in [2.05, 4.69) is 0 Å². The number of hydrogen-bond acceptors (Lipinski definition) is 3. The van der Waals surface area contributed by atoms with E-state index in [0.717, 1.165) is 5.56 Å². The molecule has 0 bridgehead atoms. The van der Waals surface area contributed by atoms with E-state index >= 15 is 0 Å². The molecule has 1 rings (SSSR count). The van der Waals surface area contributed by atoms with E-state index in [-0.39, 0.29) is 0 Å². The normalized spacial score (nSPS) is 9.77. The lowest BCUT2D eigenvalue weighted by Gasteiger charge is -2.06. The average Bonchev–Trinajstić information content (AvgIpc) is 2.16. The SMILES string of the molecule is CCc1ccc(C=O)cc1B(O)O. The van der Waals surface area contributed by atoms with Crippen LogP contribution >= 0.6 is 0 Å². The molecule has 2 N–H and O–H groups in total. The van der Waals surface area contributed by atoms with Gasteiger partial charge in [-0.3, -0.25) is 4.79 Å². The Kier molecular flexibility index (Phi) is 3.22. The molecule has 0 saturated heterocycles. The monoisotopic (exact) mass is 178 g/mol. The van der Waals surface area contributed by atoms with E-state index in [0.29, 0.717) is 23.7 Å². The number of hydrogen-bond donors (Lipinski definition) is 2. The van der Waals surface area contributed by atoms with Crippen LogP contribution in [0.15, 0.2) is 18.2 Å². The zero-order chi connectivity index (χ0) is 9.84. The Morgan fingerprint density at radius 1 is 1.46 bits per heavy atom. The van der Waals surface area contributed by atoms with Crippen LogP contribution in [-0.2, 0) is 6.42 Å². The lowest BCUT2D eigenvalue weighted by molar-refractivity contribution is 0.112. The molecule has 0 aromatic heterocycles. The van der Waals surface area contributed by atoms with E-state index < -0.39 is 7.12 Å². The van der Waals surface area contributed by atoms with Crippen molar-refractivity contribution in [2.45, 2.75) is 13.3 Å². The van der Waals surface area contributed by atoms with Crippen LogP contribution in [-0.4, -0.2) is 23.5 Å². The second-order valence-electron chi connectivity index (χ2n) is 2.80. The van der Waals surface area contributed by atoms with Crippen molar-refractivity contribution in [3.05, 3.63) is 29.3 Å². The highest BCUT2D eigenvalue weighted by atomic mass is 16.4. The maximum Gasteiger partial charge on any atom is 0.488 e. The summed E-state index contributed by atoms with van der Waals surface area (Å²) < 4.78 is 0. The van der Waals surface area contributed by atoms with Gasteiger partial charge in [0.15, 0.2) is 0 Å². The van der Waals surface area contributed by atoms with Crippen molar-refractivity contribution >= 4 is 18.9 Å². The Bertz CT molecular complexity index is 310. The van der Waals surface area contributed by atoms with Crippen LogP contribution < -0.4 is 5.46 Å². The summed E-state index contributed by atoms with van der Waals surface area (Å²) in [5.41, 5.74) is 1.72. The molecule has 0 radical (unpaired) electrons. The number of carbonyl (C=O) groups excluding carboxylic acids is 1. The maximum absolute atomic E-state index is 10.4. The average molecular weight is 178 g/mol. The van der Waals surface area contributed by atoms with Crippen molar-refractivity contribution in [2.75, 3.05) is 0 Å². The van der Waals surface area contributed by atoms with Gasteiger partial charge in [-0.2, -0.15) is 0 Å². The molecule has 4 heteroatoms. The molecule has 0 aliphatic carbocycles. The highest BCUT2D eigenvalue weighted by molar-refractivity contribution is 6.59. The number of benzene rings is 1. The third-order valence-corrected chi connectivity index (χ3v) is 1.97. The second kappa shape index (κ2) is 4.21. The third kappa shape index (κ3) is 2.17. The molecule has 68 valence electrons. The van der Waals surface area contributed by atoms with Crippen molar-refractivity contribution in [3.63, 3.8) is 0 Å². The lowest BCUT2D eigenvalue weighted by atomic mass is 9.75. The van der Waals surface area contributed by atoms with Crippen LogP contribution in [0.4, 0.5) is 0 Å². The van der Waals surface area contributed by atoms with Crippen LogP contribution in [0.2, 0.25) is 0 Å². The molecule has 0 heterocycles. The van der Waals surface area contributed by atoms with E-state index in [4.69, 9.17) is 10.0 Å². The van der Waals surface area contributed by atoms with Gasteiger partial charge in [-0.1, -0.05) is 25.1 Å². The number of aryl methyl sites for hydroxylation is 1. The van der Waals surface area contributed by atoms with Gasteiger partial charge in [0.2, 0.25) is 0 Å². The minimum atomic E-state index is -1.50. The molecule has 0 saturated carbocycles. The molecule has 3 nitrogen and oxygen atoms in total. The Balaban J connectivity index is 3.17. The minimum absolute atomic E-state index is 0.409. The van der Waals surface area contributed by atoms with Crippen molar-refractivity contribution in [1.82, 2.24) is 0 Å². The summed E-state index contributed by atoms with van der Waals surface area (Å²) in [6, 6.07) is 4.90. The largest absolute Gasteiger partial charge is 0.488 e. The first kappa shape index (κ1) is 9.96. The van der Waals surface area contributed by atoms with Crippen LogP contribution in [0.3, 0.4) is 0 Å². The molecular weight excluding hydrogens is 167 g/mol. The number of rotatable bonds is 3. The van der Waals surface area contributed by atoms with Gasteiger partial charge in [0.25, 0.3) is 0 Å². The van der Waals surface area contributed by atoms with E-state index in [1.807, 2.05) is 6.92 Å². The number of aldehydes is 1. The first-order valence-electron chi connectivity index (χ1n) is 4.13. The Hall–Kier alpha value is -1.13. The van der Waals surface area contributed by atoms with Gasteiger partial charge in [-0.25, -0.2) is 0 Å². The first-order valence-corrected chi connectivity index (χ1v) is 4.13. The summed E-state index contributed by atoms with van der Waals surface area (Å²) in [6.45, 7) is 1.92. The molecule has 1 aromatic carbocycles. The summed E-state index contributed by atoms with van der Waals surface area (Å²) in [6.07, 6.45) is 1.40. The summed E-state index contributed by atoms with van der Waals surface area (Å²) in [4.78, 5) is 10.4. The summed E-state index contributed by atoms with van der Waals surface area (Å²) >= 11 is 0. The number of carbonyl (C=O) groups is 1. The van der Waals surface area contributed by atoms with Crippen molar-refractivity contribution < 1.29 is 14.8 Å². The van der Waals surface area contributed by atoms with Crippen LogP contribution in [0.1, 0.15) is 22.8 Å². The third-order valence-electron chi connectivity index (χ3n) is 1.97. The van der Waals surface area contributed by atoms with Gasteiger partial charge >= 0.3 is 7.12 Å². The summed E-state index contributed by atoms with van der Waals surface area (Å²) in [7, 11) is -1.50. The van der Waals surface area contributed by atoms with Crippen molar-refractivity contribution in [2.24, 2.45) is 0 Å². The van der Waals surface area contributed by atoms with Gasteiger partial charge in [0, 0.05) is 5.56 Å². The summed E-state index contributed by atoms with van der Waals surface area (Å²) in [5.74, 6) is 0. The first-order chi connectivity index (χ1) is 6.19. The Labute approximate surface area is 77.2 Å². The molecule has 0 atom stereocenters. The fourth-order valence-corrected chi connectivity index (χ4v) is 1.25. The van der Waals surface area contributed by atoms with E-state index in [1.54, 1.807) is 12.1 Å². The van der Waals surface area contributed by atoms with Crippen molar-refractivity contribution in [1.29, 1.82) is 0 Å². The molecule has 0 unspecified atom stereocenters. The molecule has 0 fully saturated rings. The maximum atomic E-state index is 10.4. The zero-order valence-electron chi connectivity index (χ0n) is 7.40. The Morgan fingerprint density at radius 2 is 2.15 bits per heavy atom. The molecule has 0 aliphatic rings. The topological polar surface area (TPSA) is 57.5 Å². The van der Waals surface area contributed by atoms with Gasteiger partial charge in [-0.05, 0) is 17.4 Å². The second-order valence-corrected chi connectivity index (χ2v) is 2.80. The zero-order valence-corrected chi connectivity index (χ0v) is 7.40. The lowest BCUT2D eigenvalue weighted by Crippen LogP contribution is -2.33. The van der Waals surface area contributed by atoms with Gasteiger partial charge in [0.1, 0.15) is 6.29 Å². The summed E-state index contributed by atoms with van der Waals surface area (Å²) in [5, 5.41) is 18.0. The fraction of sp³-hybridized carbons (Fsp3) is 0.222. The smallest absolute Gasteiger partial charge is 0.423 e. The van der Waals surface area contributed by atoms with Crippen molar-refractivity contribution in [3.8, 4) is 0 Å². The molecular formula is C9H11BO3. The molecule has 13 heavy (non-hydrogen) atoms. The fourth-order valence-electron chi connectivity index (χ4n) is 1.25. The molecule has 0 spiro atoms. The molecule has 0 aliphatic heterocycles. The highest BCUT2D eigenvalue weighted by Gasteiger charge is 2.15. The van der Waals surface area contributed by atoms with Gasteiger partial charge < -0.3 is 10.0 Å². The van der Waals surface area contributed by atoms with Gasteiger partial charge in [0.05, 0.1) is 0 Å². The molecule has 0 amide bonds. The standard InChI is InChI=1S/C9H11BO3/c1-2-8-4-3-7(6-11)5-9(8)10(12)13/h3-6,12-13H,2H2,1H3. The predicted octanol–water partition coefficient (Wildman–Crippen LogP) is -0.259. The predicted molar refractivity (Wildman–Crippen MR) is 51.0 cm³/mol. The quantitative estimate of drug-likeness (QED) is 0.495. The highest BCUT2D eigenvalue weighted by Crippen LogP contribution is 2.01. The van der Waals surface area contributed by atoms with Crippen LogP contribution in [0, 0.1) is 0 Å². The van der Waals surface area contributed by atoms with Gasteiger partial charge in [-0.15, -0.1) is 0 Å². The van der Waals surface area contributed by atoms with E-state index in [1.165, 1.54) is 6.07 Å². The molecule has 1 aromatic rings. The minimum Gasteiger partial charge on any atom is -0.423 e. The van der Waals surface area contributed by atoms with Crippen LogP contribution in [0.25, 0.3) is 0 Å². The van der Waals surface area contributed by atoms with Crippen LogP contribution in [0.5, 0.6) is 0 Å².